The molecule has 9 heteroatoms. The van der Waals surface area contributed by atoms with E-state index in [1.807, 2.05) is 36.4 Å². The number of hydrogen-bond acceptors (Lipinski definition) is 7. The van der Waals surface area contributed by atoms with Crippen LogP contribution >= 0.6 is 0 Å². The molecular formula is C36H39F2NO6. The summed E-state index contributed by atoms with van der Waals surface area (Å²) in [6, 6.07) is 14.6. The molecule has 1 aliphatic heterocycles. The molecule has 5 aliphatic rings. The minimum atomic E-state index is -2.19. The molecule has 45 heavy (non-hydrogen) atoms. The Hall–Kier alpha value is -3.37. The maximum Gasteiger partial charge on any atom is 0.193 e. The molecule has 2 aromatic carbocycles. The molecule has 3 saturated carbocycles. The van der Waals surface area contributed by atoms with Crippen molar-refractivity contribution in [2.24, 2.45) is 22.7 Å². The Morgan fingerprint density at radius 3 is 2.62 bits per heavy atom. The average Bonchev–Trinajstić information content (AvgIpc) is 3.52. The highest BCUT2D eigenvalue weighted by Crippen LogP contribution is 2.72. The molecule has 4 N–H and O–H groups in total. The summed E-state index contributed by atoms with van der Waals surface area (Å²) in [6.45, 7) is 6.85. The van der Waals surface area contributed by atoms with Crippen LogP contribution in [-0.4, -0.2) is 52.3 Å². The van der Waals surface area contributed by atoms with Crippen molar-refractivity contribution in [1.82, 2.24) is 0 Å². The van der Waals surface area contributed by atoms with Crippen LogP contribution in [0.15, 0.2) is 84.5 Å². The van der Waals surface area contributed by atoms with E-state index in [4.69, 9.17) is 19.9 Å². The van der Waals surface area contributed by atoms with Crippen LogP contribution in [0.3, 0.4) is 0 Å². The summed E-state index contributed by atoms with van der Waals surface area (Å²) >= 11 is 0. The summed E-state index contributed by atoms with van der Waals surface area (Å²) < 4.78 is 52.4. The third-order valence-corrected chi connectivity index (χ3v) is 11.5. The number of nitrogen functional groups attached to an aromatic ring is 1. The van der Waals surface area contributed by atoms with E-state index in [1.54, 1.807) is 44.2 Å². The van der Waals surface area contributed by atoms with E-state index < -0.39 is 71.0 Å². The van der Waals surface area contributed by atoms with Gasteiger partial charge in [0.2, 0.25) is 0 Å². The second-order valence-electron chi connectivity index (χ2n) is 13.8. The molecule has 1 saturated heterocycles. The topological polar surface area (TPSA) is 111 Å². The highest BCUT2D eigenvalue weighted by molar-refractivity contribution is 5.91. The standard InChI is InChI=1S/C36H39F2NO6/c1-20-11-12-33(2)27(13-20)28(37)15-26-25-16-31-36(30(42)18-40,34(25,3)17-29(41)35(26,33)38)45-32(44-31)22-9-7-21(8-10-22)19-43-24-6-4-5-23(39)14-24/h4-14,25-26,28-29,31-32,40-41H,1,15-19,39H2,2-3H3/t25-,26-,28-,29-,31+,32-,33-,34-,35-,36+/m0/s1. The SMILES string of the molecule is C=C1C=C[C@@]2(C)C(=C1)[C@@H](F)C[C@H]1[C@@H]3C[C@H]4O[C@H](c5ccc(COc6cccc(N)c6)cc5)O[C@@]4(C(=O)CO)[C@@]3(C)C[C@H](O)[C@@]12F. The number of hydrogen-bond donors (Lipinski definition) is 3. The number of aliphatic hydroxyl groups is 2. The van der Waals surface area contributed by atoms with Gasteiger partial charge in [-0.2, -0.15) is 0 Å². The lowest BCUT2D eigenvalue weighted by molar-refractivity contribution is -0.235. The van der Waals surface area contributed by atoms with E-state index in [0.29, 0.717) is 29.2 Å². The molecule has 0 bridgehead atoms. The molecule has 4 fully saturated rings. The molecule has 238 valence electrons. The monoisotopic (exact) mass is 619 g/mol. The first-order valence-electron chi connectivity index (χ1n) is 15.5. The largest absolute Gasteiger partial charge is 0.489 e. The highest BCUT2D eigenvalue weighted by atomic mass is 19.1. The smallest absolute Gasteiger partial charge is 0.193 e. The number of anilines is 1. The maximum atomic E-state index is 17.6. The van der Waals surface area contributed by atoms with Crippen molar-refractivity contribution < 1.29 is 38.0 Å². The molecule has 10 atom stereocenters. The summed E-state index contributed by atoms with van der Waals surface area (Å²) in [5, 5.41) is 21.9. The van der Waals surface area contributed by atoms with Crippen LogP contribution in [-0.2, 0) is 20.9 Å². The van der Waals surface area contributed by atoms with E-state index in [-0.39, 0.29) is 24.8 Å². The predicted molar refractivity (Wildman–Crippen MR) is 163 cm³/mol. The number of benzene rings is 2. The van der Waals surface area contributed by atoms with E-state index in [0.717, 1.165) is 5.56 Å². The lowest BCUT2D eigenvalue weighted by atomic mass is 9.44. The zero-order valence-corrected chi connectivity index (χ0v) is 25.4. The molecule has 0 radical (unpaired) electrons. The summed E-state index contributed by atoms with van der Waals surface area (Å²) in [7, 11) is 0. The van der Waals surface area contributed by atoms with Gasteiger partial charge >= 0.3 is 0 Å². The van der Waals surface area contributed by atoms with E-state index in [9.17, 15) is 15.0 Å². The Morgan fingerprint density at radius 1 is 1.16 bits per heavy atom. The third-order valence-electron chi connectivity index (χ3n) is 11.5. The fraction of sp³-hybridized carbons (Fsp3) is 0.472. The molecule has 0 amide bonds. The molecular weight excluding hydrogens is 580 g/mol. The second kappa shape index (κ2) is 10.3. The van der Waals surface area contributed by atoms with Gasteiger partial charge in [0, 0.05) is 34.1 Å². The van der Waals surface area contributed by atoms with Gasteiger partial charge in [-0.25, -0.2) is 8.78 Å². The van der Waals surface area contributed by atoms with Crippen molar-refractivity contribution in [3.05, 3.63) is 95.6 Å². The number of aliphatic hydroxyl groups excluding tert-OH is 2. The number of allylic oxidation sites excluding steroid dienone is 5. The number of fused-ring (bicyclic) bond motifs is 7. The van der Waals surface area contributed by atoms with Crippen LogP contribution < -0.4 is 10.5 Å². The normalized spacial score (nSPS) is 41.5. The van der Waals surface area contributed by atoms with E-state index >= 15 is 8.78 Å². The summed E-state index contributed by atoms with van der Waals surface area (Å²) in [6.07, 6.45) is 0.155. The molecule has 2 aromatic rings. The Labute approximate surface area is 261 Å². The number of carbonyl (C=O) groups is 1. The van der Waals surface area contributed by atoms with Gasteiger partial charge in [0.25, 0.3) is 0 Å². The second-order valence-corrected chi connectivity index (χ2v) is 13.8. The van der Waals surface area contributed by atoms with Crippen LogP contribution in [0, 0.1) is 22.7 Å². The van der Waals surface area contributed by atoms with Crippen molar-refractivity contribution in [3.8, 4) is 5.75 Å². The number of alkyl halides is 2. The van der Waals surface area contributed by atoms with Crippen LogP contribution in [0.1, 0.15) is 50.5 Å². The summed E-state index contributed by atoms with van der Waals surface area (Å²) in [5.74, 6) is -1.40. The molecule has 7 rings (SSSR count). The van der Waals surface area contributed by atoms with Gasteiger partial charge in [-0.05, 0) is 60.9 Å². The first-order chi connectivity index (χ1) is 21.4. The molecule has 0 spiro atoms. The fourth-order valence-electron chi connectivity index (χ4n) is 9.33. The number of carbonyl (C=O) groups excluding carboxylic acids is 1. The number of nitrogens with two attached hydrogens (primary N) is 1. The minimum Gasteiger partial charge on any atom is -0.489 e. The first-order valence-corrected chi connectivity index (χ1v) is 15.5. The van der Waals surface area contributed by atoms with Crippen molar-refractivity contribution in [1.29, 1.82) is 0 Å². The average molecular weight is 620 g/mol. The maximum absolute atomic E-state index is 17.6. The van der Waals surface area contributed by atoms with Gasteiger partial charge in [-0.1, -0.05) is 62.1 Å². The lowest BCUT2D eigenvalue weighted by Crippen LogP contribution is -2.70. The van der Waals surface area contributed by atoms with Crippen LogP contribution in [0.2, 0.25) is 0 Å². The van der Waals surface area contributed by atoms with Crippen molar-refractivity contribution in [2.75, 3.05) is 12.3 Å². The Bertz CT molecular complexity index is 1610. The van der Waals surface area contributed by atoms with Crippen molar-refractivity contribution >= 4 is 11.5 Å². The first kappa shape index (κ1) is 30.3. The molecule has 4 aliphatic carbocycles. The summed E-state index contributed by atoms with van der Waals surface area (Å²) in [4.78, 5) is 13.7. The quantitative estimate of drug-likeness (QED) is 0.368. The molecule has 1 heterocycles. The Morgan fingerprint density at radius 2 is 1.91 bits per heavy atom. The number of ketones is 1. The number of halogens is 2. The zero-order chi connectivity index (χ0) is 31.9. The Kier molecular flexibility index (Phi) is 6.95. The number of Topliss-reactive ketones (excluding diaryl/α,β-unsaturated/α-hetero) is 1. The lowest BCUT2D eigenvalue weighted by Gasteiger charge is -2.63. The van der Waals surface area contributed by atoms with Gasteiger partial charge in [-0.15, -0.1) is 0 Å². The van der Waals surface area contributed by atoms with Gasteiger partial charge in [-0.3, -0.25) is 4.79 Å². The van der Waals surface area contributed by atoms with Gasteiger partial charge in [0.15, 0.2) is 23.3 Å². The van der Waals surface area contributed by atoms with Gasteiger partial charge in [0.1, 0.15) is 25.1 Å². The molecule has 0 aromatic heterocycles. The molecule has 7 nitrogen and oxygen atoms in total. The third kappa shape index (κ3) is 4.10. The highest BCUT2D eigenvalue weighted by Gasteiger charge is 2.80. The van der Waals surface area contributed by atoms with Gasteiger partial charge in [0.05, 0.1) is 12.2 Å². The summed E-state index contributed by atoms with van der Waals surface area (Å²) in [5.41, 5.74) is 2.51. The van der Waals surface area contributed by atoms with Crippen molar-refractivity contribution in [2.45, 2.75) is 75.7 Å². The zero-order valence-electron chi connectivity index (χ0n) is 25.4. The fourth-order valence-corrected chi connectivity index (χ4v) is 9.33. The number of rotatable bonds is 6. The number of ether oxygens (including phenoxy) is 3. The molecule has 0 unspecified atom stereocenters. The minimum absolute atomic E-state index is 0.113. The van der Waals surface area contributed by atoms with Crippen LogP contribution in [0.25, 0.3) is 0 Å². The van der Waals surface area contributed by atoms with E-state index in [2.05, 4.69) is 6.58 Å². The van der Waals surface area contributed by atoms with Crippen LogP contribution in [0.4, 0.5) is 14.5 Å². The van der Waals surface area contributed by atoms with Crippen LogP contribution in [0.5, 0.6) is 5.75 Å². The van der Waals surface area contributed by atoms with E-state index in [1.165, 1.54) is 0 Å². The predicted octanol–water partition coefficient (Wildman–Crippen LogP) is 5.48. The van der Waals surface area contributed by atoms with Crippen molar-refractivity contribution in [3.63, 3.8) is 0 Å². The Balaban J connectivity index is 1.18. The van der Waals surface area contributed by atoms with Gasteiger partial charge < -0.3 is 30.2 Å².